The van der Waals surface area contributed by atoms with Crippen LogP contribution >= 0.6 is 0 Å². The summed E-state index contributed by atoms with van der Waals surface area (Å²) in [5.74, 6) is 0. The number of hydrogen-bond donors (Lipinski definition) is 0. The third-order valence-corrected chi connectivity index (χ3v) is 8.42. The van der Waals surface area contributed by atoms with E-state index in [1.807, 2.05) is 0 Å². The molecule has 0 N–H and O–H groups in total. The van der Waals surface area contributed by atoms with Crippen molar-refractivity contribution in [2.45, 2.75) is 88.9 Å². The lowest BCUT2D eigenvalue weighted by Gasteiger charge is -2.45. The highest BCUT2D eigenvalue weighted by molar-refractivity contribution is 5.68. The lowest BCUT2D eigenvalue weighted by atomic mass is 9.84. The van der Waals surface area contributed by atoms with Gasteiger partial charge in [0.15, 0.2) is 6.10 Å². The van der Waals surface area contributed by atoms with E-state index in [9.17, 15) is 18.0 Å². The largest absolute Gasteiger partial charge is 0.437 e. The average molecular weight is 496 g/mol. The van der Waals surface area contributed by atoms with Crippen LogP contribution in [0, 0.1) is 6.92 Å². The van der Waals surface area contributed by atoms with E-state index in [4.69, 9.17) is 4.74 Å². The number of carbonyl (C=O) groups is 1. The third kappa shape index (κ3) is 5.12. The fourth-order valence-corrected chi connectivity index (χ4v) is 6.32. The van der Waals surface area contributed by atoms with Crippen LogP contribution in [0.1, 0.15) is 56.6 Å². The number of alkyl halides is 3. The Bertz CT molecular complexity index is 920. The van der Waals surface area contributed by atoms with E-state index in [1.54, 1.807) is 0 Å². The van der Waals surface area contributed by atoms with Crippen molar-refractivity contribution in [3.8, 4) is 0 Å². The Labute approximate surface area is 205 Å². The summed E-state index contributed by atoms with van der Waals surface area (Å²) in [5.41, 5.74) is 3.85. The minimum atomic E-state index is -4.54. The molecule has 3 atom stereocenters. The normalized spacial score (nSPS) is 27.5. The van der Waals surface area contributed by atoms with Gasteiger partial charge in [-0.15, -0.1) is 0 Å². The summed E-state index contributed by atoms with van der Waals surface area (Å²) >= 11 is 0. The summed E-state index contributed by atoms with van der Waals surface area (Å²) in [5, 5.41) is 0. The number of ether oxygens (including phenoxy) is 2. The van der Waals surface area contributed by atoms with Crippen molar-refractivity contribution in [2.75, 3.05) is 37.6 Å². The molecule has 35 heavy (non-hydrogen) atoms. The Kier molecular flexibility index (Phi) is 6.68. The molecule has 0 aliphatic carbocycles. The number of hydrogen-bond acceptors (Lipinski definition) is 5. The van der Waals surface area contributed by atoms with Gasteiger partial charge in [0.2, 0.25) is 0 Å². The van der Waals surface area contributed by atoms with Gasteiger partial charge >= 0.3 is 12.3 Å². The van der Waals surface area contributed by atoms with E-state index in [2.05, 4.69) is 39.7 Å². The van der Waals surface area contributed by atoms with Crippen molar-refractivity contribution in [3.63, 3.8) is 0 Å². The summed E-state index contributed by atoms with van der Waals surface area (Å²) in [6, 6.07) is 6.72. The molecule has 0 aromatic heterocycles. The molecule has 1 unspecified atom stereocenters. The highest BCUT2D eigenvalue weighted by Gasteiger charge is 2.45. The molecule has 1 aromatic carbocycles. The maximum atomic E-state index is 12.8. The summed E-state index contributed by atoms with van der Waals surface area (Å²) in [7, 11) is 0. The molecule has 0 saturated carbocycles. The Hall–Kier alpha value is -2.00. The van der Waals surface area contributed by atoms with Crippen LogP contribution in [0.4, 0.5) is 23.7 Å². The van der Waals surface area contributed by atoms with Gasteiger partial charge in [0, 0.05) is 44.0 Å². The van der Waals surface area contributed by atoms with Crippen molar-refractivity contribution in [2.24, 2.45) is 0 Å². The minimum Gasteiger partial charge on any atom is -0.437 e. The number of fused-ring (bicyclic) bond motifs is 2. The Morgan fingerprint density at radius 2 is 1.83 bits per heavy atom. The predicted octanol–water partition coefficient (Wildman–Crippen LogP) is 4.88. The number of halogens is 3. The first-order valence-corrected chi connectivity index (χ1v) is 12.9. The van der Waals surface area contributed by atoms with Gasteiger partial charge in [0.1, 0.15) is 0 Å². The lowest BCUT2D eigenvalue weighted by molar-refractivity contribution is -0.200. The zero-order valence-electron chi connectivity index (χ0n) is 20.6. The molecule has 5 rings (SSSR count). The van der Waals surface area contributed by atoms with Gasteiger partial charge in [-0.05, 0) is 76.1 Å². The molecule has 4 saturated heterocycles. The molecule has 6 nitrogen and oxygen atoms in total. The van der Waals surface area contributed by atoms with Gasteiger partial charge in [-0.1, -0.05) is 12.1 Å². The van der Waals surface area contributed by atoms with E-state index in [1.165, 1.54) is 21.7 Å². The molecule has 4 heterocycles. The first-order chi connectivity index (χ1) is 16.6. The molecule has 9 heteroatoms. The summed E-state index contributed by atoms with van der Waals surface area (Å²) in [6.07, 6.45) is -0.917. The highest BCUT2D eigenvalue weighted by atomic mass is 19.4. The Balaban J connectivity index is 1.26. The maximum absolute atomic E-state index is 12.8. The van der Waals surface area contributed by atoms with Crippen LogP contribution in [-0.4, -0.2) is 78.6 Å². The van der Waals surface area contributed by atoms with Gasteiger partial charge < -0.3 is 19.3 Å². The zero-order valence-corrected chi connectivity index (χ0v) is 20.6. The number of anilines is 1. The standard InChI is InChI=1S/C26H36F3N3O3/c1-18-4-5-20(23(14-18)31-16-21-6-7-22(17-31)35-21)15-32-11-3-8-25(32)9-12-30(13-10-25)24(33)34-19(2)26(27,28)29/h4-5,14,19,21-22H,3,6-13,15-17H2,1-2H3/t19?,21-,22+. The van der Waals surface area contributed by atoms with Crippen LogP contribution in [0.5, 0.6) is 0 Å². The van der Waals surface area contributed by atoms with Crippen molar-refractivity contribution in [1.82, 2.24) is 9.80 Å². The molecule has 4 aliphatic rings. The van der Waals surface area contributed by atoms with Gasteiger partial charge in [0.25, 0.3) is 0 Å². The van der Waals surface area contributed by atoms with Crippen molar-refractivity contribution < 1.29 is 27.4 Å². The van der Waals surface area contributed by atoms with Crippen LogP contribution in [0.25, 0.3) is 0 Å². The second kappa shape index (κ2) is 9.47. The molecule has 1 spiro atoms. The van der Waals surface area contributed by atoms with E-state index in [0.717, 1.165) is 71.6 Å². The summed E-state index contributed by atoms with van der Waals surface area (Å²) in [6.45, 7) is 7.57. The van der Waals surface area contributed by atoms with Crippen molar-refractivity contribution in [1.29, 1.82) is 0 Å². The van der Waals surface area contributed by atoms with Crippen LogP contribution in [0.3, 0.4) is 0 Å². The van der Waals surface area contributed by atoms with Gasteiger partial charge in [-0.25, -0.2) is 4.79 Å². The van der Waals surface area contributed by atoms with Gasteiger partial charge in [0.05, 0.1) is 12.2 Å². The molecule has 1 amide bonds. The van der Waals surface area contributed by atoms with Crippen LogP contribution in [0.15, 0.2) is 18.2 Å². The molecule has 194 valence electrons. The van der Waals surface area contributed by atoms with Crippen molar-refractivity contribution >= 4 is 11.8 Å². The SMILES string of the molecule is Cc1ccc(CN2CCCC23CCN(C(=O)OC(C)C(F)(F)F)CC3)c(N2C[C@H]3CC[C@@H](C2)O3)c1. The van der Waals surface area contributed by atoms with Crippen LogP contribution < -0.4 is 4.90 Å². The second-order valence-corrected chi connectivity index (χ2v) is 10.8. The molecular formula is C26H36F3N3O3. The maximum Gasteiger partial charge on any atom is 0.425 e. The number of piperidine rings is 1. The number of morpholine rings is 1. The molecule has 4 fully saturated rings. The number of carbonyl (C=O) groups excluding carboxylic acids is 1. The number of aryl methyl sites for hydroxylation is 1. The zero-order chi connectivity index (χ0) is 24.8. The van der Waals surface area contributed by atoms with Gasteiger partial charge in [-0.2, -0.15) is 13.2 Å². The fraction of sp³-hybridized carbons (Fsp3) is 0.731. The summed E-state index contributed by atoms with van der Waals surface area (Å²) in [4.78, 5) is 18.8. The monoisotopic (exact) mass is 495 g/mol. The van der Waals surface area contributed by atoms with Crippen LogP contribution in [0.2, 0.25) is 0 Å². The number of amides is 1. The molecule has 0 radical (unpaired) electrons. The second-order valence-electron chi connectivity index (χ2n) is 10.8. The number of likely N-dealkylation sites (tertiary alicyclic amines) is 2. The van der Waals surface area contributed by atoms with E-state index >= 15 is 0 Å². The Morgan fingerprint density at radius 1 is 1.14 bits per heavy atom. The molecule has 2 bridgehead atoms. The highest BCUT2D eigenvalue weighted by Crippen LogP contribution is 2.41. The molecule has 4 aliphatic heterocycles. The predicted molar refractivity (Wildman–Crippen MR) is 126 cm³/mol. The lowest BCUT2D eigenvalue weighted by Crippen LogP contribution is -2.53. The third-order valence-electron chi connectivity index (χ3n) is 8.42. The average Bonchev–Trinajstić information content (AvgIpc) is 3.36. The smallest absolute Gasteiger partial charge is 0.425 e. The summed E-state index contributed by atoms with van der Waals surface area (Å²) < 4.78 is 49.1. The topological polar surface area (TPSA) is 45.2 Å². The number of benzene rings is 1. The van der Waals surface area contributed by atoms with E-state index < -0.39 is 18.4 Å². The van der Waals surface area contributed by atoms with E-state index in [0.29, 0.717) is 25.3 Å². The van der Waals surface area contributed by atoms with Crippen molar-refractivity contribution in [3.05, 3.63) is 29.3 Å². The number of rotatable bonds is 4. The van der Waals surface area contributed by atoms with Crippen LogP contribution in [-0.2, 0) is 16.0 Å². The Morgan fingerprint density at radius 3 is 2.49 bits per heavy atom. The first kappa shape index (κ1) is 24.7. The number of nitrogens with zero attached hydrogens (tertiary/aromatic N) is 3. The fourth-order valence-electron chi connectivity index (χ4n) is 6.32. The molecule has 1 aromatic rings. The minimum absolute atomic E-state index is 0.0153. The molecular weight excluding hydrogens is 459 g/mol. The first-order valence-electron chi connectivity index (χ1n) is 12.9. The quantitative estimate of drug-likeness (QED) is 0.596. The van der Waals surface area contributed by atoms with E-state index in [-0.39, 0.29) is 5.54 Å². The van der Waals surface area contributed by atoms with Gasteiger partial charge in [-0.3, -0.25) is 4.90 Å².